The van der Waals surface area contributed by atoms with Gasteiger partial charge in [-0.05, 0) is 46.1 Å². The van der Waals surface area contributed by atoms with E-state index in [4.69, 9.17) is 4.74 Å². The normalized spacial score (nSPS) is 11.7. The number of fused-ring (bicyclic) bond motifs is 1. The van der Waals surface area contributed by atoms with Gasteiger partial charge in [0.25, 0.3) is 0 Å². The van der Waals surface area contributed by atoms with Crippen molar-refractivity contribution in [2.75, 3.05) is 6.54 Å². The maximum absolute atomic E-state index is 11.6. The number of thioether (sulfide) groups is 1. The number of amides is 1. The van der Waals surface area contributed by atoms with Gasteiger partial charge in [-0.2, -0.15) is 4.52 Å². The molecule has 0 saturated carbocycles. The van der Waals surface area contributed by atoms with Gasteiger partial charge in [0.05, 0.1) is 0 Å². The van der Waals surface area contributed by atoms with Crippen LogP contribution < -0.4 is 5.32 Å². The Bertz CT molecular complexity index is 960. The molecule has 0 aliphatic heterocycles. The Kier molecular flexibility index (Phi) is 7.71. The van der Waals surface area contributed by atoms with Crippen LogP contribution in [0.1, 0.15) is 57.0 Å². The SMILES string of the molecule is Cc1ccc(CSc2nn3c(CCCCCNC(=O)OC(C)(C)C)nnc3s2)cc1. The largest absolute Gasteiger partial charge is 0.444 e. The number of benzene rings is 1. The average Bonchev–Trinajstić information content (AvgIpc) is 3.23. The van der Waals surface area contributed by atoms with Crippen molar-refractivity contribution in [3.8, 4) is 0 Å². The molecule has 0 unspecified atom stereocenters. The van der Waals surface area contributed by atoms with E-state index in [0.717, 1.165) is 46.6 Å². The van der Waals surface area contributed by atoms with Crippen molar-refractivity contribution in [3.05, 3.63) is 41.2 Å². The number of nitrogens with zero attached hydrogens (tertiary/aromatic N) is 4. The van der Waals surface area contributed by atoms with E-state index in [-0.39, 0.29) is 6.09 Å². The third-order valence-electron chi connectivity index (χ3n) is 4.27. The molecule has 162 valence electrons. The zero-order valence-electron chi connectivity index (χ0n) is 18.0. The molecule has 3 aromatic rings. The summed E-state index contributed by atoms with van der Waals surface area (Å²) in [4.78, 5) is 12.5. The zero-order valence-corrected chi connectivity index (χ0v) is 19.6. The summed E-state index contributed by atoms with van der Waals surface area (Å²) in [6, 6.07) is 8.59. The lowest BCUT2D eigenvalue weighted by Crippen LogP contribution is -2.32. The molecular formula is C21H29N5O2S2. The van der Waals surface area contributed by atoms with Crippen LogP contribution in [0.3, 0.4) is 0 Å². The summed E-state index contributed by atoms with van der Waals surface area (Å²) in [6.07, 6.45) is 3.32. The number of hydrogen-bond donors (Lipinski definition) is 1. The second kappa shape index (κ2) is 10.3. The summed E-state index contributed by atoms with van der Waals surface area (Å²) in [5.74, 6) is 1.79. The first-order chi connectivity index (χ1) is 14.3. The molecule has 0 spiro atoms. The first-order valence-electron chi connectivity index (χ1n) is 10.2. The van der Waals surface area contributed by atoms with Crippen LogP contribution in [0.15, 0.2) is 28.6 Å². The van der Waals surface area contributed by atoms with E-state index in [0.29, 0.717) is 6.54 Å². The molecule has 0 atom stereocenters. The monoisotopic (exact) mass is 447 g/mol. The Balaban J connectivity index is 1.40. The minimum atomic E-state index is -0.464. The third kappa shape index (κ3) is 6.98. The topological polar surface area (TPSA) is 81.4 Å². The van der Waals surface area contributed by atoms with Crippen LogP contribution in [0, 0.1) is 6.92 Å². The lowest BCUT2D eigenvalue weighted by atomic mass is 10.2. The summed E-state index contributed by atoms with van der Waals surface area (Å²) >= 11 is 3.30. The maximum Gasteiger partial charge on any atom is 0.407 e. The molecule has 1 N–H and O–H groups in total. The third-order valence-corrected chi connectivity index (χ3v) is 6.37. The van der Waals surface area contributed by atoms with Crippen LogP contribution >= 0.6 is 23.1 Å². The van der Waals surface area contributed by atoms with E-state index in [1.54, 1.807) is 23.1 Å². The Morgan fingerprint density at radius 2 is 1.93 bits per heavy atom. The van der Waals surface area contributed by atoms with Gasteiger partial charge in [-0.3, -0.25) is 0 Å². The van der Waals surface area contributed by atoms with E-state index >= 15 is 0 Å². The average molecular weight is 448 g/mol. The molecule has 0 aliphatic carbocycles. The second-order valence-corrected chi connectivity index (χ2v) is 10.4. The van der Waals surface area contributed by atoms with Crippen molar-refractivity contribution in [2.24, 2.45) is 0 Å². The minimum absolute atomic E-state index is 0.361. The van der Waals surface area contributed by atoms with Gasteiger partial charge < -0.3 is 10.1 Å². The fourth-order valence-corrected chi connectivity index (χ4v) is 4.62. The van der Waals surface area contributed by atoms with Crippen LogP contribution in [0.4, 0.5) is 4.79 Å². The Labute approximate surface area is 185 Å². The molecule has 30 heavy (non-hydrogen) atoms. The number of aryl methyl sites for hydroxylation is 2. The van der Waals surface area contributed by atoms with E-state index in [1.807, 2.05) is 25.3 Å². The molecule has 2 aromatic heterocycles. The molecular weight excluding hydrogens is 418 g/mol. The fourth-order valence-electron chi connectivity index (χ4n) is 2.77. The molecule has 1 amide bonds. The van der Waals surface area contributed by atoms with E-state index in [1.165, 1.54) is 11.1 Å². The first kappa shape index (κ1) is 22.6. The van der Waals surface area contributed by atoms with Gasteiger partial charge in [0.1, 0.15) is 5.60 Å². The van der Waals surface area contributed by atoms with Crippen LogP contribution in [-0.2, 0) is 16.9 Å². The molecule has 0 aliphatic rings. The summed E-state index contributed by atoms with van der Waals surface area (Å²) in [7, 11) is 0. The molecule has 3 rings (SSSR count). The van der Waals surface area contributed by atoms with Crippen molar-refractivity contribution < 1.29 is 9.53 Å². The van der Waals surface area contributed by atoms with Crippen molar-refractivity contribution in [3.63, 3.8) is 0 Å². The molecule has 0 fully saturated rings. The Morgan fingerprint density at radius 1 is 1.17 bits per heavy atom. The van der Waals surface area contributed by atoms with Gasteiger partial charge in [0, 0.05) is 18.7 Å². The minimum Gasteiger partial charge on any atom is -0.444 e. The molecule has 2 heterocycles. The predicted octanol–water partition coefficient (Wildman–Crippen LogP) is 5.02. The summed E-state index contributed by atoms with van der Waals surface area (Å²) in [6.45, 7) is 8.28. The highest BCUT2D eigenvalue weighted by atomic mass is 32.2. The Morgan fingerprint density at radius 3 is 2.67 bits per heavy atom. The highest BCUT2D eigenvalue weighted by Crippen LogP contribution is 2.27. The molecule has 0 saturated heterocycles. The number of carbonyl (C=O) groups is 1. The van der Waals surface area contributed by atoms with Gasteiger partial charge >= 0.3 is 6.09 Å². The van der Waals surface area contributed by atoms with Crippen molar-refractivity contribution in [1.82, 2.24) is 25.1 Å². The molecule has 7 nitrogen and oxygen atoms in total. The van der Waals surface area contributed by atoms with Crippen LogP contribution in [0.5, 0.6) is 0 Å². The van der Waals surface area contributed by atoms with Crippen molar-refractivity contribution in [1.29, 1.82) is 0 Å². The first-order valence-corrected chi connectivity index (χ1v) is 12.0. The fraction of sp³-hybridized carbons (Fsp3) is 0.524. The van der Waals surface area contributed by atoms with Gasteiger partial charge in [-0.25, -0.2) is 4.79 Å². The van der Waals surface area contributed by atoms with Gasteiger partial charge in [0.15, 0.2) is 10.2 Å². The van der Waals surface area contributed by atoms with E-state index < -0.39 is 5.60 Å². The van der Waals surface area contributed by atoms with Crippen LogP contribution in [-0.4, -0.2) is 38.1 Å². The van der Waals surface area contributed by atoms with Gasteiger partial charge in [-0.1, -0.05) is 59.3 Å². The molecule has 9 heteroatoms. The number of alkyl carbamates (subject to hydrolysis) is 1. The van der Waals surface area contributed by atoms with E-state index in [2.05, 4.69) is 51.8 Å². The molecule has 1 aromatic carbocycles. The summed E-state index contributed by atoms with van der Waals surface area (Å²) < 4.78 is 8.09. The number of nitrogens with one attached hydrogen (secondary N) is 1. The second-order valence-electron chi connectivity index (χ2n) is 8.19. The number of carbonyl (C=O) groups excluding carboxylic acids is 1. The zero-order chi connectivity index (χ0) is 21.6. The molecule has 0 bridgehead atoms. The summed E-state index contributed by atoms with van der Waals surface area (Å²) in [5.41, 5.74) is 2.10. The van der Waals surface area contributed by atoms with Crippen molar-refractivity contribution in [2.45, 2.75) is 69.1 Å². The quantitative estimate of drug-likeness (QED) is 0.366. The van der Waals surface area contributed by atoms with Crippen LogP contribution in [0.25, 0.3) is 4.96 Å². The molecule has 0 radical (unpaired) electrons. The number of hydrogen-bond acceptors (Lipinski definition) is 7. The predicted molar refractivity (Wildman–Crippen MR) is 121 cm³/mol. The lowest BCUT2D eigenvalue weighted by Gasteiger charge is -2.19. The number of ether oxygens (including phenoxy) is 1. The standard InChI is InChI=1S/C21H29N5O2S2/c1-15-9-11-16(12-10-15)14-29-20-25-26-17(23-24-18(26)30-20)8-6-5-7-13-22-19(27)28-21(2,3)4/h9-12H,5-8,13-14H2,1-4H3,(H,22,27). The highest BCUT2D eigenvalue weighted by molar-refractivity contribution is 8.00. The number of unbranched alkanes of at least 4 members (excludes halogenated alkanes) is 2. The Hall–Kier alpha value is -2.13. The van der Waals surface area contributed by atoms with Gasteiger partial charge in [-0.15, -0.1) is 15.3 Å². The van der Waals surface area contributed by atoms with Crippen molar-refractivity contribution >= 4 is 34.2 Å². The highest BCUT2D eigenvalue weighted by Gasteiger charge is 2.15. The maximum atomic E-state index is 11.6. The lowest BCUT2D eigenvalue weighted by molar-refractivity contribution is 0.0527. The van der Waals surface area contributed by atoms with E-state index in [9.17, 15) is 4.79 Å². The van der Waals surface area contributed by atoms with Crippen LogP contribution in [0.2, 0.25) is 0 Å². The smallest absolute Gasteiger partial charge is 0.407 e. The number of aromatic nitrogens is 4. The summed E-state index contributed by atoms with van der Waals surface area (Å²) in [5, 5.41) is 16.0. The van der Waals surface area contributed by atoms with Gasteiger partial charge in [0.2, 0.25) is 4.96 Å². The number of rotatable bonds is 9.